The molecule has 1 saturated heterocycles. The molecule has 0 unspecified atom stereocenters. The Bertz CT molecular complexity index is 721. The largest absolute Gasteiger partial charge is 0.467 e. The Labute approximate surface area is 146 Å². The number of carbonyl (C=O) groups is 2. The second kappa shape index (κ2) is 7.85. The molecule has 132 valence electrons. The number of hydrogen-bond donors (Lipinski definition) is 3. The van der Waals surface area contributed by atoms with E-state index in [-0.39, 0.29) is 24.5 Å². The third-order valence-electron chi connectivity index (χ3n) is 4.26. The quantitative estimate of drug-likeness (QED) is 0.792. The molecule has 3 amide bonds. The lowest BCUT2D eigenvalue weighted by Gasteiger charge is -2.32. The summed E-state index contributed by atoms with van der Waals surface area (Å²) in [5, 5.41) is 5.86. The number of likely N-dealkylation sites (tertiary alicyclic amines) is 1. The molecule has 7 nitrogen and oxygen atoms in total. The molecule has 1 aliphatic rings. The van der Waals surface area contributed by atoms with E-state index in [1.54, 1.807) is 11.0 Å². The maximum Gasteiger partial charge on any atom is 0.321 e. The van der Waals surface area contributed by atoms with E-state index in [4.69, 9.17) is 10.2 Å². The van der Waals surface area contributed by atoms with E-state index < -0.39 is 0 Å². The van der Waals surface area contributed by atoms with Crippen LogP contribution in [0.5, 0.6) is 0 Å². The number of carbonyl (C=O) groups excluding carboxylic acids is 2. The van der Waals surface area contributed by atoms with Gasteiger partial charge in [0.15, 0.2) is 0 Å². The van der Waals surface area contributed by atoms with E-state index in [0.29, 0.717) is 24.4 Å². The molecule has 0 aliphatic carbocycles. The van der Waals surface area contributed by atoms with Crippen LogP contribution in [0.25, 0.3) is 0 Å². The number of nitrogens with two attached hydrogens (primary N) is 1. The van der Waals surface area contributed by atoms with Crippen LogP contribution in [0.4, 0.5) is 10.5 Å². The first kappa shape index (κ1) is 17.0. The van der Waals surface area contributed by atoms with Gasteiger partial charge in [-0.05, 0) is 31.0 Å². The number of nitrogens with one attached hydrogen (secondary N) is 2. The first-order chi connectivity index (χ1) is 12.2. The average molecular weight is 342 g/mol. The number of benzene rings is 1. The highest BCUT2D eigenvalue weighted by atomic mass is 16.3. The third-order valence-corrected chi connectivity index (χ3v) is 4.26. The molecule has 1 aromatic heterocycles. The van der Waals surface area contributed by atoms with Gasteiger partial charge in [0.1, 0.15) is 12.0 Å². The zero-order chi connectivity index (χ0) is 17.6. The summed E-state index contributed by atoms with van der Waals surface area (Å²) >= 11 is 0. The fourth-order valence-electron chi connectivity index (χ4n) is 2.83. The summed E-state index contributed by atoms with van der Waals surface area (Å²) < 4.78 is 5.18. The fourth-order valence-corrected chi connectivity index (χ4v) is 2.83. The third kappa shape index (κ3) is 4.39. The fraction of sp³-hybridized carbons (Fsp3) is 0.333. The van der Waals surface area contributed by atoms with Crippen LogP contribution in [0.3, 0.4) is 0 Å². The molecule has 25 heavy (non-hydrogen) atoms. The SMILES string of the molecule is NCc1cc(C(=O)NC2CCN(C(=O)Nc3ccccc3)CC2)co1. The maximum absolute atomic E-state index is 12.3. The number of urea groups is 1. The van der Waals surface area contributed by atoms with Gasteiger partial charge in [0, 0.05) is 24.8 Å². The van der Waals surface area contributed by atoms with Crippen molar-refractivity contribution in [1.29, 1.82) is 0 Å². The molecule has 0 saturated carbocycles. The van der Waals surface area contributed by atoms with E-state index in [9.17, 15) is 9.59 Å². The van der Waals surface area contributed by atoms with Crippen LogP contribution in [0.2, 0.25) is 0 Å². The lowest BCUT2D eigenvalue weighted by molar-refractivity contribution is 0.0918. The van der Waals surface area contributed by atoms with Crippen molar-refractivity contribution < 1.29 is 14.0 Å². The first-order valence-corrected chi connectivity index (χ1v) is 8.35. The zero-order valence-corrected chi connectivity index (χ0v) is 13.9. The van der Waals surface area contributed by atoms with Crippen molar-refractivity contribution in [2.45, 2.75) is 25.4 Å². The second-order valence-corrected chi connectivity index (χ2v) is 6.04. The van der Waals surface area contributed by atoms with Gasteiger partial charge in [0.25, 0.3) is 5.91 Å². The van der Waals surface area contributed by atoms with Crippen LogP contribution >= 0.6 is 0 Å². The molecule has 2 aromatic rings. The minimum Gasteiger partial charge on any atom is -0.467 e. The van der Waals surface area contributed by atoms with Crippen molar-refractivity contribution >= 4 is 17.6 Å². The van der Waals surface area contributed by atoms with Gasteiger partial charge in [-0.3, -0.25) is 4.79 Å². The van der Waals surface area contributed by atoms with Crippen LogP contribution < -0.4 is 16.4 Å². The molecule has 4 N–H and O–H groups in total. The van der Waals surface area contributed by atoms with Crippen molar-refractivity contribution in [3.05, 3.63) is 54.0 Å². The zero-order valence-electron chi connectivity index (χ0n) is 13.9. The predicted molar refractivity (Wildman–Crippen MR) is 94.1 cm³/mol. The van der Waals surface area contributed by atoms with Crippen LogP contribution in [0.1, 0.15) is 29.0 Å². The molecule has 1 aromatic carbocycles. The van der Waals surface area contributed by atoms with E-state index in [0.717, 1.165) is 18.5 Å². The number of para-hydroxylation sites is 1. The second-order valence-electron chi connectivity index (χ2n) is 6.04. The van der Waals surface area contributed by atoms with Gasteiger partial charge >= 0.3 is 6.03 Å². The Morgan fingerprint density at radius 1 is 1.20 bits per heavy atom. The molecule has 2 heterocycles. The molecular formula is C18H22N4O3. The molecular weight excluding hydrogens is 320 g/mol. The van der Waals surface area contributed by atoms with E-state index in [1.807, 2.05) is 30.3 Å². The van der Waals surface area contributed by atoms with Crippen molar-refractivity contribution in [3.63, 3.8) is 0 Å². The lowest BCUT2D eigenvalue weighted by Crippen LogP contribution is -2.47. The van der Waals surface area contributed by atoms with Gasteiger partial charge in [-0.15, -0.1) is 0 Å². The minimum absolute atomic E-state index is 0.0458. The lowest BCUT2D eigenvalue weighted by atomic mass is 10.0. The topological polar surface area (TPSA) is 101 Å². The highest BCUT2D eigenvalue weighted by molar-refractivity contribution is 5.94. The van der Waals surface area contributed by atoms with Gasteiger partial charge in [-0.1, -0.05) is 18.2 Å². The van der Waals surface area contributed by atoms with E-state index >= 15 is 0 Å². The monoisotopic (exact) mass is 342 g/mol. The normalized spacial score (nSPS) is 15.0. The van der Waals surface area contributed by atoms with Crippen LogP contribution in [-0.4, -0.2) is 36.0 Å². The first-order valence-electron chi connectivity index (χ1n) is 8.35. The Kier molecular flexibility index (Phi) is 5.35. The van der Waals surface area contributed by atoms with E-state index in [2.05, 4.69) is 10.6 Å². The highest BCUT2D eigenvalue weighted by Crippen LogP contribution is 2.14. The summed E-state index contributed by atoms with van der Waals surface area (Å²) in [5.74, 6) is 0.410. The number of hydrogen-bond acceptors (Lipinski definition) is 4. The van der Waals surface area contributed by atoms with Gasteiger partial charge in [0.05, 0.1) is 12.1 Å². The molecule has 0 radical (unpaired) electrons. The number of furan rings is 1. The summed E-state index contributed by atoms with van der Waals surface area (Å²) in [6, 6.07) is 10.9. The highest BCUT2D eigenvalue weighted by Gasteiger charge is 2.24. The Balaban J connectivity index is 1.46. The van der Waals surface area contributed by atoms with Crippen molar-refractivity contribution in [2.24, 2.45) is 5.73 Å². The molecule has 0 atom stereocenters. The van der Waals surface area contributed by atoms with Gasteiger partial charge < -0.3 is 25.7 Å². The molecule has 7 heteroatoms. The molecule has 0 spiro atoms. The molecule has 0 bridgehead atoms. The van der Waals surface area contributed by atoms with Gasteiger partial charge in [0.2, 0.25) is 0 Å². The number of piperidine rings is 1. The van der Waals surface area contributed by atoms with Gasteiger partial charge in [-0.2, -0.15) is 0 Å². The van der Waals surface area contributed by atoms with Crippen LogP contribution in [-0.2, 0) is 6.54 Å². The number of amides is 3. The molecule has 1 aliphatic heterocycles. The van der Waals surface area contributed by atoms with Crippen LogP contribution in [0, 0.1) is 0 Å². The summed E-state index contributed by atoms with van der Waals surface area (Å²) in [4.78, 5) is 26.2. The smallest absolute Gasteiger partial charge is 0.321 e. The molecule has 3 rings (SSSR count). The van der Waals surface area contributed by atoms with Crippen molar-refractivity contribution in [3.8, 4) is 0 Å². The van der Waals surface area contributed by atoms with Crippen LogP contribution in [0.15, 0.2) is 47.1 Å². The van der Waals surface area contributed by atoms with Gasteiger partial charge in [-0.25, -0.2) is 4.79 Å². The summed E-state index contributed by atoms with van der Waals surface area (Å²) in [7, 11) is 0. The van der Waals surface area contributed by atoms with Crippen molar-refractivity contribution in [1.82, 2.24) is 10.2 Å². The predicted octanol–water partition coefficient (Wildman–Crippen LogP) is 2.16. The Hall–Kier alpha value is -2.80. The van der Waals surface area contributed by atoms with Crippen molar-refractivity contribution in [2.75, 3.05) is 18.4 Å². The minimum atomic E-state index is -0.171. The maximum atomic E-state index is 12.3. The van der Waals surface area contributed by atoms with E-state index in [1.165, 1.54) is 6.26 Å². The Morgan fingerprint density at radius 2 is 1.92 bits per heavy atom. The standard InChI is InChI=1S/C18H22N4O3/c19-11-16-10-13(12-25-16)17(23)20-15-6-8-22(9-7-15)18(24)21-14-4-2-1-3-5-14/h1-5,10,12,15H,6-9,11,19H2,(H,20,23)(H,21,24). The number of rotatable bonds is 4. The summed E-state index contributed by atoms with van der Waals surface area (Å²) in [6.45, 7) is 1.47. The average Bonchev–Trinajstić information content (AvgIpc) is 3.12. The Morgan fingerprint density at radius 3 is 2.56 bits per heavy atom. The number of anilines is 1. The molecule has 1 fully saturated rings. The summed E-state index contributed by atoms with van der Waals surface area (Å²) in [5.41, 5.74) is 6.73. The number of nitrogens with zero attached hydrogens (tertiary/aromatic N) is 1. The summed E-state index contributed by atoms with van der Waals surface area (Å²) in [6.07, 6.45) is 2.85.